The number of aryl methyl sites for hydroxylation is 1. The van der Waals surface area contributed by atoms with Crippen LogP contribution in [0.4, 0.5) is 0 Å². The van der Waals surface area contributed by atoms with Gasteiger partial charge in [0.15, 0.2) is 0 Å². The highest BCUT2D eigenvalue weighted by Gasteiger charge is 2.26. The molecule has 8 N–H and O–H groups in total. The fraction of sp³-hybridized carbons (Fsp3) is 0.385. The number of nitrogens with zero attached hydrogens (tertiary/aromatic N) is 3. The van der Waals surface area contributed by atoms with E-state index in [0.717, 1.165) is 11.1 Å². The topological polar surface area (TPSA) is 174 Å². The number of nitrogens with two attached hydrogens (primary N) is 3. The Kier molecular flexibility index (Phi) is 10.6. The minimum Gasteiger partial charge on any atom is -0.349 e. The first kappa shape index (κ1) is 27.8. The van der Waals surface area contributed by atoms with Crippen LogP contribution in [0.1, 0.15) is 24.1 Å². The first-order chi connectivity index (χ1) is 17.9. The van der Waals surface area contributed by atoms with Gasteiger partial charge in [0.05, 0.1) is 30.2 Å². The van der Waals surface area contributed by atoms with Crippen LogP contribution in [0, 0.1) is 0 Å². The van der Waals surface area contributed by atoms with Crippen LogP contribution in [-0.4, -0.2) is 70.5 Å². The van der Waals surface area contributed by atoms with Crippen molar-refractivity contribution in [2.75, 3.05) is 26.2 Å². The summed E-state index contributed by atoms with van der Waals surface area (Å²) in [5, 5.41) is 10.0. The molecule has 3 rings (SSSR count). The summed E-state index contributed by atoms with van der Waals surface area (Å²) in [6.45, 7) is 1.42. The predicted octanol–water partition coefficient (Wildman–Crippen LogP) is -0.468. The lowest BCUT2D eigenvalue weighted by atomic mass is 10.0. The number of rotatable bonds is 14. The lowest BCUT2D eigenvalue weighted by Gasteiger charge is -2.24. The molecule has 11 nitrogen and oxygen atoms in total. The van der Waals surface area contributed by atoms with Crippen LogP contribution < -0.4 is 27.8 Å². The summed E-state index contributed by atoms with van der Waals surface area (Å²) in [6.07, 6.45) is 2.55. The maximum atomic E-state index is 13.1. The molecule has 0 aliphatic rings. The van der Waals surface area contributed by atoms with Crippen LogP contribution in [0.3, 0.4) is 0 Å². The van der Waals surface area contributed by atoms with Crippen LogP contribution in [0.2, 0.25) is 0 Å². The zero-order valence-corrected chi connectivity index (χ0v) is 20.9. The molecule has 0 saturated carbocycles. The Morgan fingerprint density at radius 1 is 0.973 bits per heavy atom. The summed E-state index contributed by atoms with van der Waals surface area (Å²) < 4.78 is 1.73. The molecule has 0 fully saturated rings. The second kappa shape index (κ2) is 14.1. The standard InChI is InChI=1S/C26H36N8O3/c27-11-14-33(15-12-28)24(35)17-22(29)25(36)31-23(10-9-19-6-2-1-3-7-19)26(37)30-18-20-16-21-8-4-5-13-34(21)32-20/h1-8,13,16,22-23H,9-12,14-15,17-18,27-29H2,(H,30,37)(H,31,36)/t22-,23-/m0/s1. The number of carbonyl (C=O) groups excluding carboxylic acids is 3. The van der Waals surface area contributed by atoms with Crippen molar-refractivity contribution in [3.05, 3.63) is 72.1 Å². The molecule has 0 aliphatic carbocycles. The van der Waals surface area contributed by atoms with E-state index in [-0.39, 0.29) is 37.9 Å². The summed E-state index contributed by atoms with van der Waals surface area (Å²) in [4.78, 5) is 40.0. The highest BCUT2D eigenvalue weighted by molar-refractivity contribution is 5.92. The Morgan fingerprint density at radius 2 is 1.68 bits per heavy atom. The summed E-state index contributed by atoms with van der Waals surface area (Å²) in [6, 6.07) is 15.3. The zero-order chi connectivity index (χ0) is 26.6. The number of hydrogen-bond donors (Lipinski definition) is 5. The summed E-state index contributed by atoms with van der Waals surface area (Å²) in [5.74, 6) is -1.24. The van der Waals surface area contributed by atoms with Crippen molar-refractivity contribution in [2.24, 2.45) is 17.2 Å². The number of nitrogens with one attached hydrogen (secondary N) is 2. The number of hydrogen-bond acceptors (Lipinski definition) is 7. The van der Waals surface area contributed by atoms with Crippen LogP contribution in [0.15, 0.2) is 60.8 Å². The van der Waals surface area contributed by atoms with Gasteiger partial charge in [-0.3, -0.25) is 14.4 Å². The number of fused-ring (bicyclic) bond motifs is 1. The average Bonchev–Trinajstić information content (AvgIpc) is 3.33. The van der Waals surface area contributed by atoms with Gasteiger partial charge in [0.1, 0.15) is 6.04 Å². The molecule has 2 aromatic heterocycles. The molecule has 37 heavy (non-hydrogen) atoms. The zero-order valence-electron chi connectivity index (χ0n) is 20.9. The Balaban J connectivity index is 1.63. The number of amides is 3. The van der Waals surface area contributed by atoms with Crippen molar-refractivity contribution >= 4 is 23.2 Å². The highest BCUT2D eigenvalue weighted by Crippen LogP contribution is 2.08. The highest BCUT2D eigenvalue weighted by atomic mass is 16.2. The van der Waals surface area contributed by atoms with Gasteiger partial charge >= 0.3 is 0 Å². The fourth-order valence-corrected chi connectivity index (χ4v) is 3.96. The molecule has 2 heterocycles. The number of carbonyl (C=O) groups is 3. The van der Waals surface area contributed by atoms with Gasteiger partial charge in [-0.15, -0.1) is 0 Å². The maximum Gasteiger partial charge on any atom is 0.242 e. The molecule has 0 aliphatic heterocycles. The normalized spacial score (nSPS) is 12.6. The Bertz CT molecular complexity index is 1130. The molecule has 0 unspecified atom stereocenters. The number of aromatic nitrogens is 2. The lowest BCUT2D eigenvalue weighted by Crippen LogP contribution is -2.53. The first-order valence-corrected chi connectivity index (χ1v) is 12.4. The van der Waals surface area contributed by atoms with Crippen LogP contribution in [-0.2, 0) is 27.3 Å². The minimum atomic E-state index is -1.11. The van der Waals surface area contributed by atoms with E-state index < -0.39 is 18.0 Å². The van der Waals surface area contributed by atoms with Gasteiger partial charge in [-0.1, -0.05) is 36.4 Å². The second-order valence-corrected chi connectivity index (χ2v) is 8.78. The minimum absolute atomic E-state index is 0.204. The Hall–Kier alpha value is -3.80. The molecule has 0 radical (unpaired) electrons. The Morgan fingerprint density at radius 3 is 2.35 bits per heavy atom. The van der Waals surface area contributed by atoms with Crippen LogP contribution in [0.5, 0.6) is 0 Å². The molecular weight excluding hydrogens is 472 g/mol. The van der Waals surface area contributed by atoms with E-state index in [1.165, 1.54) is 4.90 Å². The van der Waals surface area contributed by atoms with E-state index in [1.54, 1.807) is 4.52 Å². The average molecular weight is 509 g/mol. The summed E-state index contributed by atoms with van der Waals surface area (Å²) in [5.41, 5.74) is 19.8. The molecule has 0 saturated heterocycles. The van der Waals surface area contributed by atoms with Crippen molar-refractivity contribution in [1.29, 1.82) is 0 Å². The van der Waals surface area contributed by atoms with Crippen molar-refractivity contribution in [3.63, 3.8) is 0 Å². The van der Waals surface area contributed by atoms with Gasteiger partial charge in [0.25, 0.3) is 0 Å². The van der Waals surface area contributed by atoms with Crippen LogP contribution >= 0.6 is 0 Å². The van der Waals surface area contributed by atoms with Gasteiger partial charge in [0.2, 0.25) is 17.7 Å². The second-order valence-electron chi connectivity index (χ2n) is 8.78. The molecule has 198 valence electrons. The summed E-state index contributed by atoms with van der Waals surface area (Å²) >= 11 is 0. The monoisotopic (exact) mass is 508 g/mol. The first-order valence-electron chi connectivity index (χ1n) is 12.4. The smallest absolute Gasteiger partial charge is 0.242 e. The fourth-order valence-electron chi connectivity index (χ4n) is 3.96. The van der Waals surface area contributed by atoms with Crippen molar-refractivity contribution in [2.45, 2.75) is 37.9 Å². The van der Waals surface area contributed by atoms with E-state index in [4.69, 9.17) is 17.2 Å². The van der Waals surface area contributed by atoms with Crippen molar-refractivity contribution < 1.29 is 14.4 Å². The van der Waals surface area contributed by atoms with E-state index >= 15 is 0 Å². The molecule has 11 heteroatoms. The van der Waals surface area contributed by atoms with Gasteiger partial charge in [-0.2, -0.15) is 5.10 Å². The van der Waals surface area contributed by atoms with Gasteiger partial charge in [-0.25, -0.2) is 4.52 Å². The van der Waals surface area contributed by atoms with Gasteiger partial charge in [0, 0.05) is 32.4 Å². The van der Waals surface area contributed by atoms with Crippen molar-refractivity contribution in [1.82, 2.24) is 25.1 Å². The molecule has 2 atom stereocenters. The molecule has 1 aromatic carbocycles. The van der Waals surface area contributed by atoms with E-state index in [9.17, 15) is 14.4 Å². The quantitative estimate of drug-likeness (QED) is 0.196. The van der Waals surface area contributed by atoms with Crippen molar-refractivity contribution in [3.8, 4) is 0 Å². The van der Waals surface area contributed by atoms with E-state index in [1.807, 2.05) is 60.8 Å². The third-order valence-corrected chi connectivity index (χ3v) is 5.94. The SMILES string of the molecule is NCCN(CCN)C(=O)C[C@H](N)C(=O)N[C@@H](CCc1ccccc1)C(=O)NCc1cc2ccccn2n1. The van der Waals surface area contributed by atoms with Gasteiger partial charge in [-0.05, 0) is 36.6 Å². The molecule has 3 aromatic rings. The van der Waals surface area contributed by atoms with Crippen LogP contribution in [0.25, 0.3) is 5.52 Å². The lowest BCUT2D eigenvalue weighted by molar-refractivity contribution is -0.135. The molecule has 3 amide bonds. The molecule has 0 bridgehead atoms. The Labute approximate surface area is 216 Å². The maximum absolute atomic E-state index is 13.1. The molecule has 0 spiro atoms. The molecular formula is C26H36N8O3. The third-order valence-electron chi connectivity index (χ3n) is 5.94. The third kappa shape index (κ3) is 8.38. The largest absolute Gasteiger partial charge is 0.349 e. The number of benzene rings is 1. The summed E-state index contributed by atoms with van der Waals surface area (Å²) in [7, 11) is 0. The number of pyridine rings is 1. The predicted molar refractivity (Wildman–Crippen MR) is 141 cm³/mol. The van der Waals surface area contributed by atoms with E-state index in [0.29, 0.717) is 31.6 Å². The van der Waals surface area contributed by atoms with E-state index in [2.05, 4.69) is 15.7 Å². The van der Waals surface area contributed by atoms with Gasteiger partial charge < -0.3 is 32.7 Å².